The molecule has 100 valence electrons. The van der Waals surface area contributed by atoms with Crippen LogP contribution in [0, 0.1) is 19.7 Å². The zero-order chi connectivity index (χ0) is 14.0. The standard InChI is InChI=1S/C14H14FNO2S/c1-8-14(19-9(2)16-8)12(17)7-10-4-5-13(18-3)11(15)6-10/h4-6H,7H2,1-3H3. The molecule has 0 bridgehead atoms. The molecule has 0 aliphatic carbocycles. The van der Waals surface area contributed by atoms with Crippen molar-refractivity contribution in [2.24, 2.45) is 0 Å². The van der Waals surface area contributed by atoms with Gasteiger partial charge in [-0.15, -0.1) is 11.3 Å². The number of thiazole rings is 1. The number of aryl methyl sites for hydroxylation is 2. The average Bonchev–Trinajstić information content (AvgIpc) is 2.69. The van der Waals surface area contributed by atoms with E-state index in [1.165, 1.54) is 30.6 Å². The smallest absolute Gasteiger partial charge is 0.179 e. The van der Waals surface area contributed by atoms with Gasteiger partial charge in [-0.1, -0.05) is 6.07 Å². The summed E-state index contributed by atoms with van der Waals surface area (Å²) in [4.78, 5) is 17.0. The van der Waals surface area contributed by atoms with E-state index in [-0.39, 0.29) is 18.0 Å². The molecule has 0 spiro atoms. The van der Waals surface area contributed by atoms with E-state index in [0.717, 1.165) is 10.7 Å². The first kappa shape index (κ1) is 13.7. The summed E-state index contributed by atoms with van der Waals surface area (Å²) in [6.07, 6.45) is 0.170. The molecule has 0 radical (unpaired) electrons. The van der Waals surface area contributed by atoms with Crippen LogP contribution in [0.2, 0.25) is 0 Å². The third kappa shape index (κ3) is 2.98. The maximum absolute atomic E-state index is 13.5. The molecule has 0 atom stereocenters. The Bertz CT molecular complexity index is 622. The van der Waals surface area contributed by atoms with Crippen molar-refractivity contribution in [3.05, 3.63) is 45.2 Å². The van der Waals surface area contributed by atoms with Crippen molar-refractivity contribution in [3.63, 3.8) is 0 Å². The van der Waals surface area contributed by atoms with Gasteiger partial charge in [-0.25, -0.2) is 9.37 Å². The molecule has 0 amide bonds. The Kier molecular flexibility index (Phi) is 3.95. The zero-order valence-electron chi connectivity index (χ0n) is 11.0. The first-order valence-corrected chi connectivity index (χ1v) is 6.62. The summed E-state index contributed by atoms with van der Waals surface area (Å²) in [5.74, 6) is -0.307. The fourth-order valence-corrected chi connectivity index (χ4v) is 2.73. The van der Waals surface area contributed by atoms with Gasteiger partial charge in [0.05, 0.1) is 22.7 Å². The van der Waals surface area contributed by atoms with Crippen molar-refractivity contribution >= 4 is 17.1 Å². The minimum atomic E-state index is -0.454. The summed E-state index contributed by atoms with van der Waals surface area (Å²) in [6.45, 7) is 3.67. The Hall–Kier alpha value is -1.75. The second-order valence-corrected chi connectivity index (χ2v) is 5.42. The first-order chi connectivity index (χ1) is 9.01. The Morgan fingerprint density at radius 2 is 2.16 bits per heavy atom. The maximum Gasteiger partial charge on any atom is 0.179 e. The molecule has 0 aliphatic heterocycles. The predicted molar refractivity (Wildman–Crippen MR) is 72.6 cm³/mol. The number of hydrogen-bond acceptors (Lipinski definition) is 4. The van der Waals surface area contributed by atoms with E-state index in [2.05, 4.69) is 4.98 Å². The fraction of sp³-hybridized carbons (Fsp3) is 0.286. The van der Waals surface area contributed by atoms with E-state index in [1.807, 2.05) is 13.8 Å². The molecule has 0 unspecified atom stereocenters. The van der Waals surface area contributed by atoms with Crippen LogP contribution >= 0.6 is 11.3 Å². The van der Waals surface area contributed by atoms with Gasteiger partial charge in [0.25, 0.3) is 0 Å². The van der Waals surface area contributed by atoms with E-state index in [0.29, 0.717) is 10.4 Å². The van der Waals surface area contributed by atoms with Gasteiger partial charge in [0.1, 0.15) is 0 Å². The molecule has 0 fully saturated rings. The van der Waals surface area contributed by atoms with Crippen molar-refractivity contribution in [3.8, 4) is 5.75 Å². The van der Waals surface area contributed by atoms with Crippen LogP contribution in [0.5, 0.6) is 5.75 Å². The van der Waals surface area contributed by atoms with Crippen molar-refractivity contribution in [2.75, 3.05) is 7.11 Å². The van der Waals surface area contributed by atoms with Gasteiger partial charge in [0.2, 0.25) is 0 Å². The van der Waals surface area contributed by atoms with Crippen molar-refractivity contribution in [1.29, 1.82) is 0 Å². The molecular formula is C14H14FNO2S. The van der Waals surface area contributed by atoms with Crippen LogP contribution in [0.3, 0.4) is 0 Å². The highest BCUT2D eigenvalue weighted by molar-refractivity contribution is 7.13. The number of hydrogen-bond donors (Lipinski definition) is 0. The van der Waals surface area contributed by atoms with Crippen LogP contribution in [-0.4, -0.2) is 17.9 Å². The number of halogens is 1. The second-order valence-electron chi connectivity index (χ2n) is 4.22. The number of carbonyl (C=O) groups excluding carboxylic acids is 1. The van der Waals surface area contributed by atoms with E-state index in [4.69, 9.17) is 4.74 Å². The summed E-state index contributed by atoms with van der Waals surface area (Å²) in [7, 11) is 1.41. The lowest BCUT2D eigenvalue weighted by Gasteiger charge is -2.04. The number of methoxy groups -OCH3 is 1. The van der Waals surface area contributed by atoms with Gasteiger partial charge in [-0.3, -0.25) is 4.79 Å². The van der Waals surface area contributed by atoms with Crippen LogP contribution in [0.15, 0.2) is 18.2 Å². The Morgan fingerprint density at radius 1 is 1.42 bits per heavy atom. The Morgan fingerprint density at radius 3 is 2.68 bits per heavy atom. The highest BCUT2D eigenvalue weighted by Crippen LogP contribution is 2.22. The van der Waals surface area contributed by atoms with Crippen LogP contribution in [0.4, 0.5) is 4.39 Å². The summed E-state index contributed by atoms with van der Waals surface area (Å²) < 4.78 is 18.4. The number of ether oxygens (including phenoxy) is 1. The van der Waals surface area contributed by atoms with Gasteiger partial charge >= 0.3 is 0 Å². The number of Topliss-reactive ketones (excluding diaryl/α,β-unsaturated/α-hetero) is 1. The first-order valence-electron chi connectivity index (χ1n) is 5.81. The zero-order valence-corrected chi connectivity index (χ0v) is 11.8. The molecule has 0 N–H and O–H groups in total. The summed E-state index contributed by atoms with van der Waals surface area (Å²) in [6, 6.07) is 4.56. The molecule has 0 saturated carbocycles. The molecule has 2 rings (SSSR count). The third-order valence-corrected chi connectivity index (χ3v) is 3.85. The number of carbonyl (C=O) groups is 1. The average molecular weight is 279 g/mol. The molecule has 19 heavy (non-hydrogen) atoms. The van der Waals surface area contributed by atoms with Crippen molar-refractivity contribution in [1.82, 2.24) is 4.98 Å². The Labute approximate surface area is 115 Å². The predicted octanol–water partition coefficient (Wildman–Crippen LogP) is 3.33. The molecular weight excluding hydrogens is 265 g/mol. The molecule has 0 saturated heterocycles. The molecule has 1 heterocycles. The SMILES string of the molecule is COc1ccc(CC(=O)c2sc(C)nc2C)cc1F. The number of aromatic nitrogens is 1. The van der Waals surface area contributed by atoms with Gasteiger partial charge in [-0.05, 0) is 31.5 Å². The van der Waals surface area contributed by atoms with Crippen LogP contribution in [0.25, 0.3) is 0 Å². The van der Waals surface area contributed by atoms with Crippen molar-refractivity contribution < 1.29 is 13.9 Å². The van der Waals surface area contributed by atoms with E-state index in [9.17, 15) is 9.18 Å². The highest BCUT2D eigenvalue weighted by atomic mass is 32.1. The minimum Gasteiger partial charge on any atom is -0.494 e. The van der Waals surface area contributed by atoms with E-state index in [1.54, 1.807) is 6.07 Å². The number of rotatable bonds is 4. The minimum absolute atomic E-state index is 0.0346. The Balaban J connectivity index is 2.19. The van der Waals surface area contributed by atoms with Gasteiger partial charge in [0.15, 0.2) is 17.3 Å². The number of benzene rings is 1. The highest BCUT2D eigenvalue weighted by Gasteiger charge is 2.15. The summed E-state index contributed by atoms with van der Waals surface area (Å²) >= 11 is 1.37. The number of ketones is 1. The largest absolute Gasteiger partial charge is 0.494 e. The monoisotopic (exact) mass is 279 g/mol. The summed E-state index contributed by atoms with van der Waals surface area (Å²) in [5, 5.41) is 0.863. The quantitative estimate of drug-likeness (QED) is 0.806. The fourth-order valence-electron chi connectivity index (χ4n) is 1.88. The van der Waals surface area contributed by atoms with Crippen LogP contribution < -0.4 is 4.74 Å². The normalized spacial score (nSPS) is 10.5. The maximum atomic E-state index is 13.5. The molecule has 1 aromatic heterocycles. The summed E-state index contributed by atoms with van der Waals surface area (Å²) in [5.41, 5.74) is 1.37. The number of nitrogens with zero attached hydrogens (tertiary/aromatic N) is 1. The lowest BCUT2D eigenvalue weighted by atomic mass is 10.1. The van der Waals surface area contributed by atoms with Gasteiger partial charge in [0, 0.05) is 6.42 Å². The molecule has 5 heteroatoms. The lowest BCUT2D eigenvalue weighted by molar-refractivity contribution is 0.0996. The van der Waals surface area contributed by atoms with Crippen molar-refractivity contribution in [2.45, 2.75) is 20.3 Å². The molecule has 0 aliphatic rings. The topological polar surface area (TPSA) is 39.2 Å². The van der Waals surface area contributed by atoms with Crippen LogP contribution in [0.1, 0.15) is 25.9 Å². The molecule has 2 aromatic rings. The van der Waals surface area contributed by atoms with E-state index < -0.39 is 5.82 Å². The van der Waals surface area contributed by atoms with E-state index >= 15 is 0 Å². The molecule has 3 nitrogen and oxygen atoms in total. The van der Waals surface area contributed by atoms with Crippen LogP contribution in [-0.2, 0) is 6.42 Å². The van der Waals surface area contributed by atoms with Gasteiger partial charge in [-0.2, -0.15) is 0 Å². The van der Waals surface area contributed by atoms with Gasteiger partial charge < -0.3 is 4.74 Å². The second kappa shape index (κ2) is 5.48. The lowest BCUT2D eigenvalue weighted by Crippen LogP contribution is -2.03. The molecule has 1 aromatic carbocycles. The third-order valence-electron chi connectivity index (χ3n) is 2.74.